The van der Waals surface area contributed by atoms with Crippen LogP contribution in [0, 0.1) is 0 Å². The fourth-order valence-electron chi connectivity index (χ4n) is 2.11. The molecular formula is C16H14ClN5O. The van der Waals surface area contributed by atoms with Crippen molar-refractivity contribution in [2.24, 2.45) is 10.2 Å². The van der Waals surface area contributed by atoms with Crippen LogP contribution in [0.3, 0.4) is 0 Å². The highest BCUT2D eigenvalue weighted by Gasteiger charge is 2.16. The third-order valence-corrected chi connectivity index (χ3v) is 3.52. The standard InChI is InChI=1S/C16H14ClN5O/c1-10-8-23-9-14(11-2-4-12(17)5-3-11)15(10)22-21-13-6-19-16(18)20-7-13/h2-8H,9H2,1H3,(H2,18,19,20). The highest BCUT2D eigenvalue weighted by molar-refractivity contribution is 6.30. The monoisotopic (exact) mass is 327 g/mol. The van der Waals surface area contributed by atoms with Crippen molar-refractivity contribution in [3.63, 3.8) is 0 Å². The van der Waals surface area contributed by atoms with Crippen LogP contribution in [-0.2, 0) is 4.74 Å². The average Bonchev–Trinajstić information content (AvgIpc) is 2.56. The first kappa shape index (κ1) is 15.2. The molecule has 0 spiro atoms. The molecule has 0 unspecified atom stereocenters. The smallest absolute Gasteiger partial charge is 0.220 e. The van der Waals surface area contributed by atoms with Gasteiger partial charge in [0.25, 0.3) is 0 Å². The average molecular weight is 328 g/mol. The lowest BCUT2D eigenvalue weighted by Crippen LogP contribution is -2.04. The van der Waals surface area contributed by atoms with Crippen molar-refractivity contribution in [3.05, 3.63) is 64.8 Å². The number of nitrogens with two attached hydrogens (primary N) is 1. The van der Waals surface area contributed by atoms with Gasteiger partial charge in [-0.1, -0.05) is 23.7 Å². The van der Waals surface area contributed by atoms with Gasteiger partial charge in [-0.25, -0.2) is 9.97 Å². The number of aromatic nitrogens is 2. The van der Waals surface area contributed by atoms with Gasteiger partial charge in [-0.15, -0.1) is 10.2 Å². The number of anilines is 1. The molecule has 3 rings (SSSR count). The van der Waals surface area contributed by atoms with Crippen LogP contribution in [0.5, 0.6) is 0 Å². The van der Waals surface area contributed by atoms with E-state index < -0.39 is 0 Å². The third-order valence-electron chi connectivity index (χ3n) is 3.26. The number of nitrogen functional groups attached to an aromatic ring is 1. The zero-order valence-electron chi connectivity index (χ0n) is 12.4. The predicted octanol–water partition coefficient (Wildman–Crippen LogP) is 4.14. The summed E-state index contributed by atoms with van der Waals surface area (Å²) in [5.41, 5.74) is 9.57. The molecule has 1 aromatic carbocycles. The molecule has 2 N–H and O–H groups in total. The van der Waals surface area contributed by atoms with Crippen LogP contribution >= 0.6 is 11.6 Å². The van der Waals surface area contributed by atoms with Crippen molar-refractivity contribution in [1.82, 2.24) is 9.97 Å². The number of benzene rings is 1. The molecule has 1 aliphatic heterocycles. The molecule has 0 bridgehead atoms. The summed E-state index contributed by atoms with van der Waals surface area (Å²) >= 11 is 5.94. The SMILES string of the molecule is CC1=COCC(c2ccc(Cl)cc2)=C1N=Nc1cnc(N)nc1. The van der Waals surface area contributed by atoms with Gasteiger partial charge in [0.2, 0.25) is 5.95 Å². The molecule has 0 fully saturated rings. The quantitative estimate of drug-likeness (QED) is 0.858. The summed E-state index contributed by atoms with van der Waals surface area (Å²) in [6, 6.07) is 7.53. The number of rotatable bonds is 3. The molecular weight excluding hydrogens is 314 g/mol. The van der Waals surface area contributed by atoms with E-state index in [1.54, 1.807) is 6.26 Å². The largest absolute Gasteiger partial charge is 0.496 e. The highest BCUT2D eigenvalue weighted by Crippen LogP contribution is 2.30. The molecule has 7 heteroatoms. The van der Waals surface area contributed by atoms with Crippen LogP contribution in [0.4, 0.5) is 11.6 Å². The summed E-state index contributed by atoms with van der Waals surface area (Å²) in [7, 11) is 0. The molecule has 0 atom stereocenters. The molecule has 1 aromatic heterocycles. The Balaban J connectivity index is 1.98. The van der Waals surface area contributed by atoms with Crippen LogP contribution in [0.2, 0.25) is 5.02 Å². The van der Waals surface area contributed by atoms with Gasteiger partial charge in [-0.3, -0.25) is 0 Å². The Labute approximate surface area is 138 Å². The number of hydrogen-bond donors (Lipinski definition) is 1. The Morgan fingerprint density at radius 1 is 1.13 bits per heavy atom. The number of nitrogens with zero attached hydrogens (tertiary/aromatic N) is 4. The van der Waals surface area contributed by atoms with E-state index in [1.165, 1.54) is 12.4 Å². The molecule has 0 amide bonds. The third kappa shape index (κ3) is 3.54. The lowest BCUT2D eigenvalue weighted by atomic mass is 10.0. The van der Waals surface area contributed by atoms with E-state index in [0.29, 0.717) is 17.3 Å². The molecule has 6 nitrogen and oxygen atoms in total. The zero-order chi connectivity index (χ0) is 16.2. The van der Waals surface area contributed by atoms with Crippen LogP contribution in [0.1, 0.15) is 12.5 Å². The summed E-state index contributed by atoms with van der Waals surface area (Å²) in [6.07, 6.45) is 4.71. The first-order valence-electron chi connectivity index (χ1n) is 6.90. The minimum absolute atomic E-state index is 0.201. The topological polar surface area (TPSA) is 85.8 Å². The van der Waals surface area contributed by atoms with Gasteiger partial charge < -0.3 is 10.5 Å². The van der Waals surface area contributed by atoms with E-state index in [-0.39, 0.29) is 5.95 Å². The Kier molecular flexibility index (Phi) is 4.34. The second kappa shape index (κ2) is 6.58. The Morgan fingerprint density at radius 2 is 1.83 bits per heavy atom. The van der Waals surface area contributed by atoms with Crippen molar-refractivity contribution in [2.45, 2.75) is 6.92 Å². The van der Waals surface area contributed by atoms with E-state index >= 15 is 0 Å². The van der Waals surface area contributed by atoms with Gasteiger partial charge in [0.05, 0.1) is 24.4 Å². The van der Waals surface area contributed by atoms with E-state index in [2.05, 4.69) is 20.2 Å². The van der Waals surface area contributed by atoms with Crippen molar-refractivity contribution in [2.75, 3.05) is 12.3 Å². The zero-order valence-corrected chi connectivity index (χ0v) is 13.2. The molecule has 0 radical (unpaired) electrons. The Bertz CT molecular complexity index is 794. The maximum Gasteiger partial charge on any atom is 0.220 e. The summed E-state index contributed by atoms with van der Waals surface area (Å²) in [5, 5.41) is 9.21. The van der Waals surface area contributed by atoms with Gasteiger partial charge in [0.1, 0.15) is 12.3 Å². The summed E-state index contributed by atoms with van der Waals surface area (Å²) in [6.45, 7) is 2.34. The van der Waals surface area contributed by atoms with E-state index in [1.807, 2.05) is 31.2 Å². The Hall–Kier alpha value is -2.73. The number of ether oxygens (including phenoxy) is 1. The van der Waals surface area contributed by atoms with Crippen LogP contribution in [0.25, 0.3) is 5.57 Å². The van der Waals surface area contributed by atoms with Crippen LogP contribution in [-0.4, -0.2) is 16.6 Å². The molecule has 23 heavy (non-hydrogen) atoms. The first-order valence-corrected chi connectivity index (χ1v) is 7.28. The van der Waals surface area contributed by atoms with E-state index in [0.717, 1.165) is 22.4 Å². The number of hydrogen-bond acceptors (Lipinski definition) is 6. The number of azo groups is 1. The van der Waals surface area contributed by atoms with Gasteiger partial charge >= 0.3 is 0 Å². The van der Waals surface area contributed by atoms with E-state index in [4.69, 9.17) is 22.1 Å². The van der Waals surface area contributed by atoms with E-state index in [9.17, 15) is 0 Å². The summed E-state index contributed by atoms with van der Waals surface area (Å²) in [4.78, 5) is 7.78. The van der Waals surface area contributed by atoms with Gasteiger partial charge in [-0.2, -0.15) is 0 Å². The van der Waals surface area contributed by atoms with Crippen molar-refractivity contribution >= 4 is 28.8 Å². The molecule has 0 saturated heterocycles. The maximum atomic E-state index is 5.94. The molecule has 116 valence electrons. The van der Waals surface area contributed by atoms with Gasteiger partial charge in [0.15, 0.2) is 0 Å². The number of allylic oxidation sites excluding steroid dienone is 1. The lowest BCUT2D eigenvalue weighted by molar-refractivity contribution is 0.287. The van der Waals surface area contributed by atoms with Crippen molar-refractivity contribution < 1.29 is 4.74 Å². The summed E-state index contributed by atoms with van der Waals surface area (Å²) < 4.78 is 5.48. The number of halogens is 1. The van der Waals surface area contributed by atoms with Gasteiger partial charge in [-0.05, 0) is 24.6 Å². The van der Waals surface area contributed by atoms with Crippen LogP contribution in [0.15, 0.2) is 64.4 Å². The maximum absolute atomic E-state index is 5.94. The fraction of sp³-hybridized carbons (Fsp3) is 0.125. The highest BCUT2D eigenvalue weighted by atomic mass is 35.5. The van der Waals surface area contributed by atoms with Crippen molar-refractivity contribution in [3.8, 4) is 0 Å². The predicted molar refractivity (Wildman–Crippen MR) is 89.0 cm³/mol. The normalized spacial score (nSPS) is 14.8. The Morgan fingerprint density at radius 3 is 2.52 bits per heavy atom. The minimum Gasteiger partial charge on any atom is -0.496 e. The minimum atomic E-state index is 0.201. The van der Waals surface area contributed by atoms with Gasteiger partial charge in [0, 0.05) is 16.2 Å². The molecule has 2 heterocycles. The van der Waals surface area contributed by atoms with Crippen molar-refractivity contribution in [1.29, 1.82) is 0 Å². The first-order chi connectivity index (χ1) is 11.1. The second-order valence-electron chi connectivity index (χ2n) is 4.95. The lowest BCUT2D eigenvalue weighted by Gasteiger charge is -2.17. The fourth-order valence-corrected chi connectivity index (χ4v) is 2.24. The summed E-state index contributed by atoms with van der Waals surface area (Å²) in [5.74, 6) is 0.201. The molecule has 1 aliphatic rings. The van der Waals surface area contributed by atoms with Crippen LogP contribution < -0.4 is 5.73 Å². The second-order valence-corrected chi connectivity index (χ2v) is 5.38. The molecule has 0 aliphatic carbocycles. The molecule has 0 saturated carbocycles. The molecule has 2 aromatic rings.